The van der Waals surface area contributed by atoms with E-state index in [1.165, 1.54) is 6.07 Å². The molecule has 0 unspecified atom stereocenters. The lowest BCUT2D eigenvalue weighted by Crippen LogP contribution is -2.37. The van der Waals surface area contributed by atoms with Crippen LogP contribution in [0.15, 0.2) is 18.2 Å². The number of nitrogens with one attached hydrogen (secondary N) is 1. The van der Waals surface area contributed by atoms with Gasteiger partial charge in [-0.25, -0.2) is 4.39 Å². The lowest BCUT2D eigenvalue weighted by molar-refractivity contribution is -0.148. The number of carbonyl (C=O) groups excluding carboxylic acids is 1. The van der Waals surface area contributed by atoms with Crippen molar-refractivity contribution in [3.63, 3.8) is 0 Å². The third-order valence-electron chi connectivity index (χ3n) is 4.94. The summed E-state index contributed by atoms with van der Waals surface area (Å²) in [5.41, 5.74) is 0.895. The van der Waals surface area contributed by atoms with E-state index in [1.807, 2.05) is 0 Å². The van der Waals surface area contributed by atoms with E-state index < -0.39 is 17.8 Å². The first-order valence-corrected chi connectivity index (χ1v) is 7.27. The number of benzene rings is 1. The second-order valence-corrected chi connectivity index (χ2v) is 6.18. The molecule has 4 atom stereocenters. The van der Waals surface area contributed by atoms with Crippen LogP contribution >= 0.6 is 0 Å². The number of carboxylic acids is 1. The molecule has 5 heteroatoms. The van der Waals surface area contributed by atoms with Crippen molar-refractivity contribution >= 4 is 17.6 Å². The minimum atomic E-state index is -0.891. The Hall–Kier alpha value is -1.91. The van der Waals surface area contributed by atoms with Crippen molar-refractivity contribution in [2.75, 3.05) is 5.32 Å². The molecule has 2 bridgehead atoms. The van der Waals surface area contributed by atoms with Crippen LogP contribution in [0.4, 0.5) is 10.1 Å². The van der Waals surface area contributed by atoms with E-state index in [0.29, 0.717) is 11.3 Å². The SMILES string of the molecule is Cc1ccc(NC(=O)[C@@H]2[C@@H]3CC[C@@H](C3)[C@@H]2C(=O)O)cc1F. The second-order valence-electron chi connectivity index (χ2n) is 6.18. The molecule has 2 aliphatic carbocycles. The molecule has 1 aromatic carbocycles. The van der Waals surface area contributed by atoms with E-state index in [9.17, 15) is 19.1 Å². The van der Waals surface area contributed by atoms with Gasteiger partial charge in [-0.2, -0.15) is 0 Å². The van der Waals surface area contributed by atoms with Crippen LogP contribution in [0.3, 0.4) is 0 Å². The third kappa shape index (κ3) is 2.41. The molecule has 0 heterocycles. The van der Waals surface area contributed by atoms with Crippen molar-refractivity contribution in [3.8, 4) is 0 Å². The largest absolute Gasteiger partial charge is 0.481 e. The summed E-state index contributed by atoms with van der Waals surface area (Å²) >= 11 is 0. The van der Waals surface area contributed by atoms with Gasteiger partial charge in [-0.15, -0.1) is 0 Å². The van der Waals surface area contributed by atoms with Gasteiger partial charge in [0.2, 0.25) is 5.91 Å². The lowest BCUT2D eigenvalue weighted by Gasteiger charge is -2.27. The molecule has 21 heavy (non-hydrogen) atoms. The Kier molecular flexibility index (Phi) is 3.43. The Morgan fingerprint density at radius 1 is 1.24 bits per heavy atom. The molecule has 2 saturated carbocycles. The van der Waals surface area contributed by atoms with Crippen LogP contribution in [0.2, 0.25) is 0 Å². The maximum absolute atomic E-state index is 13.5. The number of hydrogen-bond donors (Lipinski definition) is 2. The van der Waals surface area contributed by atoms with E-state index in [0.717, 1.165) is 19.3 Å². The molecule has 1 aromatic rings. The van der Waals surface area contributed by atoms with Crippen LogP contribution in [-0.2, 0) is 9.59 Å². The minimum absolute atomic E-state index is 0.109. The Morgan fingerprint density at radius 2 is 1.90 bits per heavy atom. The molecule has 1 amide bonds. The predicted octanol–water partition coefficient (Wildman–Crippen LogP) is 2.82. The Balaban J connectivity index is 1.78. The molecular formula is C16H18FNO3. The molecule has 112 valence electrons. The smallest absolute Gasteiger partial charge is 0.307 e. The highest BCUT2D eigenvalue weighted by molar-refractivity contribution is 5.96. The first kappa shape index (κ1) is 14.0. The minimum Gasteiger partial charge on any atom is -0.481 e. The Morgan fingerprint density at radius 3 is 2.52 bits per heavy atom. The quantitative estimate of drug-likeness (QED) is 0.900. The number of aryl methyl sites for hydroxylation is 1. The van der Waals surface area contributed by atoms with Crippen molar-refractivity contribution in [1.82, 2.24) is 0 Å². The first-order valence-electron chi connectivity index (χ1n) is 7.27. The number of halogens is 1. The van der Waals surface area contributed by atoms with Gasteiger partial charge in [0.15, 0.2) is 0 Å². The average Bonchev–Trinajstić information content (AvgIpc) is 3.03. The monoisotopic (exact) mass is 291 g/mol. The second kappa shape index (κ2) is 5.13. The number of fused-ring (bicyclic) bond motifs is 2. The van der Waals surface area contributed by atoms with E-state index in [-0.39, 0.29) is 23.6 Å². The highest BCUT2D eigenvalue weighted by atomic mass is 19.1. The standard InChI is InChI=1S/C16H18FNO3/c1-8-2-5-11(7-12(8)17)18-15(19)13-9-3-4-10(6-9)14(13)16(20)21/h2,5,7,9-10,13-14H,3-4,6H2,1H3,(H,18,19)(H,20,21)/t9-,10+,13-,14+/m1/s1. The van der Waals surface area contributed by atoms with Crippen LogP contribution in [0.1, 0.15) is 24.8 Å². The van der Waals surface area contributed by atoms with Crippen LogP contribution in [0, 0.1) is 36.4 Å². The van der Waals surface area contributed by atoms with Crippen LogP contribution in [0.25, 0.3) is 0 Å². The summed E-state index contributed by atoms with van der Waals surface area (Å²) in [6.45, 7) is 1.65. The zero-order valence-corrected chi connectivity index (χ0v) is 11.8. The molecule has 2 N–H and O–H groups in total. The van der Waals surface area contributed by atoms with Gasteiger partial charge in [0.05, 0.1) is 11.8 Å². The van der Waals surface area contributed by atoms with Crippen LogP contribution in [0.5, 0.6) is 0 Å². The summed E-state index contributed by atoms with van der Waals surface area (Å²) in [7, 11) is 0. The maximum atomic E-state index is 13.5. The number of anilines is 1. The van der Waals surface area contributed by atoms with Gasteiger partial charge >= 0.3 is 5.97 Å². The van der Waals surface area contributed by atoms with Crippen molar-refractivity contribution in [2.24, 2.45) is 23.7 Å². The van der Waals surface area contributed by atoms with Gasteiger partial charge in [-0.1, -0.05) is 6.07 Å². The van der Waals surface area contributed by atoms with Crippen LogP contribution in [-0.4, -0.2) is 17.0 Å². The lowest BCUT2D eigenvalue weighted by atomic mass is 9.78. The first-order chi connectivity index (χ1) is 9.97. The van der Waals surface area contributed by atoms with Gasteiger partial charge in [0, 0.05) is 5.69 Å². The van der Waals surface area contributed by atoms with Crippen LogP contribution < -0.4 is 5.32 Å². The molecule has 2 aliphatic rings. The number of amides is 1. The summed E-state index contributed by atoms with van der Waals surface area (Å²) in [6, 6.07) is 4.51. The highest BCUT2D eigenvalue weighted by Crippen LogP contribution is 2.52. The summed E-state index contributed by atoms with van der Waals surface area (Å²) < 4.78 is 13.5. The van der Waals surface area contributed by atoms with E-state index >= 15 is 0 Å². The molecule has 0 aliphatic heterocycles. The van der Waals surface area contributed by atoms with Gasteiger partial charge in [0.25, 0.3) is 0 Å². The summed E-state index contributed by atoms with van der Waals surface area (Å²) in [4.78, 5) is 23.8. The molecule has 0 aromatic heterocycles. The molecule has 0 saturated heterocycles. The summed E-state index contributed by atoms with van der Waals surface area (Å²) in [5, 5.41) is 12.0. The zero-order chi connectivity index (χ0) is 15.1. The zero-order valence-electron chi connectivity index (χ0n) is 11.8. The molecule has 3 rings (SSSR count). The van der Waals surface area contributed by atoms with Crippen molar-refractivity contribution < 1.29 is 19.1 Å². The Bertz CT molecular complexity index is 601. The van der Waals surface area contributed by atoms with Crippen molar-refractivity contribution in [3.05, 3.63) is 29.6 Å². The molecule has 0 radical (unpaired) electrons. The highest BCUT2D eigenvalue weighted by Gasteiger charge is 2.53. The Labute approximate surface area is 122 Å². The molecular weight excluding hydrogens is 273 g/mol. The van der Waals surface area contributed by atoms with E-state index in [2.05, 4.69) is 5.32 Å². The normalized spacial score (nSPS) is 30.4. The molecule has 2 fully saturated rings. The van der Waals surface area contributed by atoms with E-state index in [4.69, 9.17) is 0 Å². The van der Waals surface area contributed by atoms with Crippen molar-refractivity contribution in [1.29, 1.82) is 0 Å². The number of carboxylic acid groups (broad SMARTS) is 1. The maximum Gasteiger partial charge on any atom is 0.307 e. The molecule has 0 spiro atoms. The number of hydrogen-bond acceptors (Lipinski definition) is 2. The number of aliphatic carboxylic acids is 1. The van der Waals surface area contributed by atoms with Gasteiger partial charge in [0.1, 0.15) is 5.82 Å². The number of carbonyl (C=O) groups is 2. The van der Waals surface area contributed by atoms with Crippen molar-refractivity contribution in [2.45, 2.75) is 26.2 Å². The van der Waals surface area contributed by atoms with E-state index in [1.54, 1.807) is 19.1 Å². The predicted molar refractivity (Wildman–Crippen MR) is 75.2 cm³/mol. The van der Waals surface area contributed by atoms with Gasteiger partial charge in [-0.3, -0.25) is 9.59 Å². The fourth-order valence-electron chi connectivity index (χ4n) is 3.92. The topological polar surface area (TPSA) is 66.4 Å². The fraction of sp³-hybridized carbons (Fsp3) is 0.500. The van der Waals surface area contributed by atoms with Gasteiger partial charge < -0.3 is 10.4 Å². The summed E-state index contributed by atoms with van der Waals surface area (Å²) in [5.74, 6) is -2.40. The number of rotatable bonds is 3. The molecule has 4 nitrogen and oxygen atoms in total. The fourth-order valence-corrected chi connectivity index (χ4v) is 3.92. The average molecular weight is 291 g/mol. The van der Waals surface area contributed by atoms with Gasteiger partial charge in [-0.05, 0) is 55.7 Å². The third-order valence-corrected chi connectivity index (χ3v) is 4.94. The summed E-state index contributed by atoms with van der Waals surface area (Å²) in [6.07, 6.45) is 2.62.